The van der Waals surface area contributed by atoms with Gasteiger partial charge in [0.05, 0.1) is 11.9 Å². The maximum atomic E-state index is 4.32. The molecule has 1 aliphatic rings. The van der Waals surface area contributed by atoms with Gasteiger partial charge in [-0.05, 0) is 51.2 Å². The third kappa shape index (κ3) is 4.20. The van der Waals surface area contributed by atoms with Crippen LogP contribution in [0.1, 0.15) is 46.1 Å². The summed E-state index contributed by atoms with van der Waals surface area (Å²) in [6, 6.07) is 2.15. The number of anilines is 1. The van der Waals surface area contributed by atoms with Gasteiger partial charge in [-0.3, -0.25) is 4.98 Å². The number of pyridine rings is 1. The minimum absolute atomic E-state index is 0.149. The quantitative estimate of drug-likeness (QED) is 0.905. The molecule has 106 valence electrons. The molecule has 1 unspecified atom stereocenters. The SMILES string of the molecule is CC1CCCN(c2cnccc2CNC(C)(C)C)C1. The maximum absolute atomic E-state index is 4.32. The van der Waals surface area contributed by atoms with Crippen LogP contribution >= 0.6 is 0 Å². The van der Waals surface area contributed by atoms with E-state index in [9.17, 15) is 0 Å². The summed E-state index contributed by atoms with van der Waals surface area (Å²) in [7, 11) is 0. The molecule has 0 saturated carbocycles. The van der Waals surface area contributed by atoms with E-state index < -0.39 is 0 Å². The molecule has 2 heterocycles. The van der Waals surface area contributed by atoms with E-state index >= 15 is 0 Å². The number of nitrogens with one attached hydrogen (secondary N) is 1. The minimum Gasteiger partial charge on any atom is -0.370 e. The van der Waals surface area contributed by atoms with Gasteiger partial charge in [0.15, 0.2) is 0 Å². The predicted molar refractivity (Wildman–Crippen MR) is 81.4 cm³/mol. The molecule has 0 spiro atoms. The van der Waals surface area contributed by atoms with E-state index in [4.69, 9.17) is 0 Å². The van der Waals surface area contributed by atoms with Crippen LogP contribution in [0.25, 0.3) is 0 Å². The zero-order chi connectivity index (χ0) is 13.9. The molecule has 0 radical (unpaired) electrons. The van der Waals surface area contributed by atoms with Crippen LogP contribution in [0, 0.1) is 5.92 Å². The minimum atomic E-state index is 0.149. The molecule has 1 atom stereocenters. The molecule has 0 aliphatic carbocycles. The zero-order valence-electron chi connectivity index (χ0n) is 12.7. The molecule has 0 amide bonds. The molecule has 1 aliphatic heterocycles. The predicted octanol–water partition coefficient (Wildman–Crippen LogP) is 3.21. The Kier molecular flexibility index (Phi) is 4.46. The third-order valence-corrected chi connectivity index (χ3v) is 3.69. The average molecular weight is 261 g/mol. The van der Waals surface area contributed by atoms with Crippen molar-refractivity contribution < 1.29 is 0 Å². The van der Waals surface area contributed by atoms with E-state index in [-0.39, 0.29) is 5.54 Å². The summed E-state index contributed by atoms with van der Waals surface area (Å²) in [6.07, 6.45) is 6.57. The van der Waals surface area contributed by atoms with Crippen molar-refractivity contribution in [2.45, 2.75) is 52.6 Å². The average Bonchev–Trinajstić information content (AvgIpc) is 2.36. The second-order valence-electron chi connectivity index (χ2n) is 6.80. The first-order chi connectivity index (χ1) is 8.96. The highest BCUT2D eigenvalue weighted by Crippen LogP contribution is 2.25. The maximum Gasteiger partial charge on any atom is 0.0598 e. The Hall–Kier alpha value is -1.09. The Balaban J connectivity index is 2.11. The summed E-state index contributed by atoms with van der Waals surface area (Å²) in [5.74, 6) is 0.789. The van der Waals surface area contributed by atoms with E-state index in [0.29, 0.717) is 0 Å². The molecule has 3 heteroatoms. The van der Waals surface area contributed by atoms with Gasteiger partial charge in [0, 0.05) is 31.4 Å². The van der Waals surface area contributed by atoms with Gasteiger partial charge in [-0.2, -0.15) is 0 Å². The Morgan fingerprint density at radius 1 is 1.42 bits per heavy atom. The van der Waals surface area contributed by atoms with Crippen molar-refractivity contribution in [3.05, 3.63) is 24.0 Å². The Morgan fingerprint density at radius 3 is 2.89 bits per heavy atom. The lowest BCUT2D eigenvalue weighted by Gasteiger charge is -2.34. The standard InChI is InChI=1S/C16H27N3/c1-13-6-5-9-19(12-13)15-11-17-8-7-14(15)10-18-16(2,3)4/h7-8,11,13,18H,5-6,9-10,12H2,1-4H3. The molecule has 19 heavy (non-hydrogen) atoms. The number of hydrogen-bond acceptors (Lipinski definition) is 3. The number of rotatable bonds is 3. The first kappa shape index (κ1) is 14.3. The third-order valence-electron chi connectivity index (χ3n) is 3.69. The van der Waals surface area contributed by atoms with Crippen LogP contribution in [0.4, 0.5) is 5.69 Å². The summed E-state index contributed by atoms with van der Waals surface area (Å²) < 4.78 is 0. The van der Waals surface area contributed by atoms with Crippen molar-refractivity contribution in [3.63, 3.8) is 0 Å². The fourth-order valence-corrected chi connectivity index (χ4v) is 2.62. The first-order valence-corrected chi connectivity index (χ1v) is 7.38. The van der Waals surface area contributed by atoms with Crippen LogP contribution in [0.5, 0.6) is 0 Å². The van der Waals surface area contributed by atoms with Crippen LogP contribution in [0.3, 0.4) is 0 Å². The lowest BCUT2D eigenvalue weighted by Crippen LogP contribution is -2.37. The Labute approximate surface area is 117 Å². The molecule has 1 aromatic rings. The zero-order valence-corrected chi connectivity index (χ0v) is 12.7. The monoisotopic (exact) mass is 261 g/mol. The van der Waals surface area contributed by atoms with Crippen molar-refractivity contribution in [2.75, 3.05) is 18.0 Å². The van der Waals surface area contributed by atoms with Crippen molar-refractivity contribution in [1.82, 2.24) is 10.3 Å². The summed E-state index contributed by atoms with van der Waals surface area (Å²) in [5.41, 5.74) is 2.82. The fourth-order valence-electron chi connectivity index (χ4n) is 2.62. The van der Waals surface area contributed by atoms with Crippen LogP contribution in [-0.2, 0) is 6.54 Å². The van der Waals surface area contributed by atoms with E-state index in [2.05, 4.69) is 49.0 Å². The molecule has 2 rings (SSSR count). The summed E-state index contributed by atoms with van der Waals surface area (Å²) in [6.45, 7) is 12.2. The van der Waals surface area contributed by atoms with Crippen molar-refractivity contribution >= 4 is 5.69 Å². The van der Waals surface area contributed by atoms with Crippen LogP contribution in [0.2, 0.25) is 0 Å². The van der Waals surface area contributed by atoms with Gasteiger partial charge in [-0.1, -0.05) is 6.92 Å². The molecular formula is C16H27N3. The molecule has 0 bridgehead atoms. The van der Waals surface area contributed by atoms with Gasteiger partial charge in [-0.25, -0.2) is 0 Å². The van der Waals surface area contributed by atoms with Gasteiger partial charge in [0.2, 0.25) is 0 Å². The van der Waals surface area contributed by atoms with Gasteiger partial charge in [0.25, 0.3) is 0 Å². The molecule has 1 fully saturated rings. The van der Waals surface area contributed by atoms with Gasteiger partial charge in [-0.15, -0.1) is 0 Å². The highest BCUT2D eigenvalue weighted by Gasteiger charge is 2.19. The highest BCUT2D eigenvalue weighted by molar-refractivity contribution is 5.52. The summed E-state index contributed by atoms with van der Waals surface area (Å²) in [5, 5.41) is 3.57. The van der Waals surface area contributed by atoms with Crippen LogP contribution in [-0.4, -0.2) is 23.6 Å². The van der Waals surface area contributed by atoms with Crippen molar-refractivity contribution in [1.29, 1.82) is 0 Å². The lowest BCUT2D eigenvalue weighted by atomic mass is 9.99. The van der Waals surface area contributed by atoms with Gasteiger partial charge in [0.1, 0.15) is 0 Å². The number of nitrogens with zero attached hydrogens (tertiary/aromatic N) is 2. The molecule has 1 saturated heterocycles. The van der Waals surface area contributed by atoms with Gasteiger partial charge < -0.3 is 10.2 Å². The van der Waals surface area contributed by atoms with Crippen molar-refractivity contribution in [2.24, 2.45) is 5.92 Å². The fraction of sp³-hybridized carbons (Fsp3) is 0.688. The molecule has 1 N–H and O–H groups in total. The Bertz CT molecular complexity index is 409. The highest BCUT2D eigenvalue weighted by atomic mass is 15.1. The molecular weight excluding hydrogens is 234 g/mol. The van der Waals surface area contributed by atoms with Crippen molar-refractivity contribution in [3.8, 4) is 0 Å². The van der Waals surface area contributed by atoms with Crippen LogP contribution in [0.15, 0.2) is 18.5 Å². The number of hydrogen-bond donors (Lipinski definition) is 1. The largest absolute Gasteiger partial charge is 0.370 e. The van der Waals surface area contributed by atoms with E-state index in [0.717, 1.165) is 19.0 Å². The molecule has 1 aromatic heterocycles. The molecule has 3 nitrogen and oxygen atoms in total. The normalized spacial score (nSPS) is 20.6. The van der Waals surface area contributed by atoms with Crippen LogP contribution < -0.4 is 10.2 Å². The summed E-state index contributed by atoms with van der Waals surface area (Å²) >= 11 is 0. The Morgan fingerprint density at radius 2 is 2.21 bits per heavy atom. The number of aromatic nitrogens is 1. The first-order valence-electron chi connectivity index (χ1n) is 7.38. The molecule has 0 aromatic carbocycles. The summed E-state index contributed by atoms with van der Waals surface area (Å²) in [4.78, 5) is 6.82. The smallest absolute Gasteiger partial charge is 0.0598 e. The van der Waals surface area contributed by atoms with E-state index in [1.807, 2.05) is 12.4 Å². The second-order valence-corrected chi connectivity index (χ2v) is 6.80. The van der Waals surface area contributed by atoms with Gasteiger partial charge >= 0.3 is 0 Å². The topological polar surface area (TPSA) is 28.2 Å². The number of piperidine rings is 1. The lowest BCUT2D eigenvalue weighted by molar-refractivity contribution is 0.421. The second kappa shape index (κ2) is 5.91. The van der Waals surface area contributed by atoms with E-state index in [1.54, 1.807) is 0 Å². The van der Waals surface area contributed by atoms with E-state index in [1.165, 1.54) is 30.6 Å².